The summed E-state index contributed by atoms with van der Waals surface area (Å²) < 4.78 is 0. The first-order chi connectivity index (χ1) is 12.6. The van der Waals surface area contributed by atoms with Crippen LogP contribution in [0.25, 0.3) is 0 Å². The second kappa shape index (κ2) is 7.88. The van der Waals surface area contributed by atoms with E-state index >= 15 is 0 Å². The van der Waals surface area contributed by atoms with E-state index < -0.39 is 20.0 Å². The van der Waals surface area contributed by atoms with Gasteiger partial charge in [0, 0.05) is 5.92 Å². The summed E-state index contributed by atoms with van der Waals surface area (Å²) in [6.45, 7) is 16.8. The van der Waals surface area contributed by atoms with Gasteiger partial charge in [-0.05, 0) is 58.1 Å². The second-order valence-corrected chi connectivity index (χ2v) is 11.5. The lowest BCUT2D eigenvalue weighted by molar-refractivity contribution is -0.427. The molecular formula is C24H33O3P-2. The lowest BCUT2D eigenvalue weighted by atomic mass is 9.72. The Morgan fingerprint density at radius 3 is 1.36 bits per heavy atom. The first-order valence-corrected chi connectivity index (χ1v) is 11.6. The lowest BCUT2D eigenvalue weighted by Gasteiger charge is -2.46. The molecule has 0 aliphatic heterocycles. The number of hydrogen-bond acceptors (Lipinski definition) is 3. The Kier molecular flexibility index (Phi) is 6.48. The highest BCUT2D eigenvalue weighted by molar-refractivity contribution is 7.54. The van der Waals surface area contributed by atoms with Gasteiger partial charge in [0.2, 0.25) is 0 Å². The maximum absolute atomic E-state index is 12.0. The molecule has 28 heavy (non-hydrogen) atoms. The molecule has 0 fully saturated rings. The topological polar surface area (TPSA) is 69.2 Å². The van der Waals surface area contributed by atoms with Crippen molar-refractivity contribution in [3.8, 4) is 0 Å². The predicted molar refractivity (Wildman–Crippen MR) is 113 cm³/mol. The molecule has 2 aromatic carbocycles. The molecule has 2 rings (SSSR count). The Morgan fingerprint density at radius 1 is 0.714 bits per heavy atom. The molecule has 0 atom stereocenters. The molecule has 0 heterocycles. The summed E-state index contributed by atoms with van der Waals surface area (Å²) in [7, 11) is -4.74. The smallest absolute Gasteiger partial charge is 0.0534 e. The maximum Gasteiger partial charge on any atom is 0.0534 e. The van der Waals surface area contributed by atoms with Crippen LogP contribution in [0.2, 0.25) is 0 Å². The number of hydrogen-bond donors (Lipinski definition) is 0. The molecule has 0 aliphatic rings. The summed E-state index contributed by atoms with van der Waals surface area (Å²) in [6.07, 6.45) is -0.408. The predicted octanol–water partition coefficient (Wildman–Crippen LogP) is 3.87. The van der Waals surface area contributed by atoms with E-state index in [1.165, 1.54) is 0 Å². The summed E-state index contributed by atoms with van der Waals surface area (Å²) in [4.78, 5) is 36.0. The molecule has 0 bridgehead atoms. The molecule has 0 amide bonds. The Balaban J connectivity index is 2.90. The van der Waals surface area contributed by atoms with Crippen molar-refractivity contribution in [1.82, 2.24) is 0 Å². The van der Waals surface area contributed by atoms with Crippen LogP contribution in [-0.4, -0.2) is 6.16 Å². The first-order valence-electron chi connectivity index (χ1n) is 9.84. The molecule has 0 saturated heterocycles. The van der Waals surface area contributed by atoms with Crippen molar-refractivity contribution in [3.63, 3.8) is 0 Å². The van der Waals surface area contributed by atoms with Crippen LogP contribution >= 0.6 is 7.94 Å². The van der Waals surface area contributed by atoms with Gasteiger partial charge in [0.1, 0.15) is 0 Å². The minimum absolute atomic E-state index is 0.167. The van der Waals surface area contributed by atoms with Gasteiger partial charge in [-0.3, -0.25) is 0 Å². The van der Waals surface area contributed by atoms with Gasteiger partial charge in [-0.25, -0.2) is 0 Å². The van der Waals surface area contributed by atoms with Crippen molar-refractivity contribution < 1.29 is 14.7 Å². The molecule has 0 N–H and O–H groups in total. The van der Waals surface area contributed by atoms with Gasteiger partial charge in [0.15, 0.2) is 0 Å². The van der Waals surface area contributed by atoms with Crippen LogP contribution in [0.15, 0.2) is 36.4 Å². The average Bonchev–Trinajstić information content (AvgIpc) is 2.50. The summed E-state index contributed by atoms with van der Waals surface area (Å²) in [5.41, 5.74) is 5.84. The van der Waals surface area contributed by atoms with E-state index in [1.807, 2.05) is 38.1 Å². The third-order valence-corrected chi connectivity index (χ3v) is 6.18. The fraction of sp³-hybridized carbons (Fsp3) is 0.500. The molecule has 0 unspecified atom stereocenters. The Morgan fingerprint density at radius 2 is 1.07 bits per heavy atom. The third-order valence-electron chi connectivity index (χ3n) is 5.37. The molecular weight excluding hydrogens is 367 g/mol. The average molecular weight is 400 g/mol. The van der Waals surface area contributed by atoms with Crippen LogP contribution < -0.4 is 14.7 Å². The molecule has 3 nitrogen and oxygen atoms in total. The second-order valence-electron chi connectivity index (χ2n) is 9.92. The van der Waals surface area contributed by atoms with Crippen molar-refractivity contribution >= 4 is 7.94 Å². The Hall–Kier alpha value is -1.25. The van der Waals surface area contributed by atoms with Gasteiger partial charge >= 0.3 is 0 Å². The van der Waals surface area contributed by atoms with Crippen LogP contribution in [0, 0.1) is 13.8 Å². The van der Waals surface area contributed by atoms with Crippen molar-refractivity contribution in [2.24, 2.45) is 0 Å². The van der Waals surface area contributed by atoms with Crippen LogP contribution in [0.1, 0.15) is 80.8 Å². The zero-order chi connectivity index (χ0) is 21.5. The molecule has 0 aromatic heterocycles. The third kappa shape index (κ3) is 5.21. The molecule has 2 aromatic rings. The van der Waals surface area contributed by atoms with Gasteiger partial charge in [0.05, 0.1) is 6.16 Å². The monoisotopic (exact) mass is 400 g/mol. The number of aryl methyl sites for hydroxylation is 2. The fourth-order valence-corrected chi connectivity index (χ4v) is 4.96. The van der Waals surface area contributed by atoms with Crippen molar-refractivity contribution in [1.29, 1.82) is 0 Å². The summed E-state index contributed by atoms with van der Waals surface area (Å²) in [5.74, 6) is -0.480. The van der Waals surface area contributed by atoms with E-state index in [9.17, 15) is 14.7 Å². The summed E-state index contributed by atoms with van der Waals surface area (Å²) >= 11 is 0. The number of benzene rings is 2. The molecule has 0 aliphatic carbocycles. The zero-order valence-electron chi connectivity index (χ0n) is 18.4. The summed E-state index contributed by atoms with van der Waals surface area (Å²) in [6, 6.07) is 12.1. The van der Waals surface area contributed by atoms with E-state index in [0.717, 1.165) is 33.4 Å². The molecule has 0 saturated carbocycles. The van der Waals surface area contributed by atoms with Gasteiger partial charge in [-0.15, -0.1) is 0 Å². The van der Waals surface area contributed by atoms with Gasteiger partial charge < -0.3 is 14.7 Å². The highest BCUT2D eigenvalue weighted by Crippen LogP contribution is 2.46. The molecule has 0 radical (unpaired) electrons. The van der Waals surface area contributed by atoms with Gasteiger partial charge in [0.25, 0.3) is 0 Å². The molecule has 0 spiro atoms. The van der Waals surface area contributed by atoms with E-state index in [2.05, 4.69) is 53.7 Å². The minimum Gasteiger partial charge on any atom is -0.688 e. The van der Waals surface area contributed by atoms with Crippen molar-refractivity contribution in [2.75, 3.05) is 6.16 Å². The van der Waals surface area contributed by atoms with Crippen molar-refractivity contribution in [3.05, 3.63) is 69.8 Å². The van der Waals surface area contributed by atoms with E-state index in [4.69, 9.17) is 0 Å². The highest BCUT2D eigenvalue weighted by atomic mass is 31.2. The lowest BCUT2D eigenvalue weighted by Crippen LogP contribution is -2.38. The van der Waals surface area contributed by atoms with E-state index in [-0.39, 0.29) is 10.8 Å². The molecule has 4 heteroatoms. The quantitative estimate of drug-likeness (QED) is 0.732. The summed E-state index contributed by atoms with van der Waals surface area (Å²) in [5, 5.41) is 0. The highest BCUT2D eigenvalue weighted by Gasteiger charge is 2.32. The fourth-order valence-electron chi connectivity index (χ4n) is 4.14. The minimum atomic E-state index is -4.74. The van der Waals surface area contributed by atoms with Gasteiger partial charge in [-0.2, -0.15) is 7.94 Å². The standard InChI is InChI=1S/C24H35O3P/c1-16-11-9-13-19(23(3,4)5)21(16)18(15-28(25,26)27)22-17(2)12-10-14-20(22)24(6,7)8/h9-14,18H,15H2,1-8H3,(H2,25,26,27)/p-2. The maximum atomic E-state index is 12.0. The SMILES string of the molecule is Cc1cccc(C(C)(C)C)c1C(C[P+]([O-])([O-])[O-])c1c(C)cccc1C(C)(C)C. The van der Waals surface area contributed by atoms with Crippen molar-refractivity contribution in [2.45, 2.75) is 72.1 Å². The number of rotatable bonds is 4. The van der Waals surface area contributed by atoms with Crippen LogP contribution in [-0.2, 0) is 10.8 Å². The van der Waals surface area contributed by atoms with Gasteiger partial charge in [-0.1, -0.05) is 77.9 Å². The normalized spacial score (nSPS) is 13.3. The zero-order valence-corrected chi connectivity index (χ0v) is 19.3. The Bertz CT molecular complexity index is 773. The van der Waals surface area contributed by atoms with Crippen LogP contribution in [0.4, 0.5) is 0 Å². The first kappa shape index (κ1) is 23.0. The van der Waals surface area contributed by atoms with Crippen LogP contribution in [0.3, 0.4) is 0 Å². The van der Waals surface area contributed by atoms with E-state index in [1.54, 1.807) is 0 Å². The Labute approximate surface area is 171 Å². The molecule has 154 valence electrons. The van der Waals surface area contributed by atoms with Crippen LogP contribution in [0.5, 0.6) is 0 Å². The largest absolute Gasteiger partial charge is 0.688 e. The van der Waals surface area contributed by atoms with E-state index in [0.29, 0.717) is 0 Å².